The highest BCUT2D eigenvalue weighted by atomic mass is 32.1. The lowest BCUT2D eigenvalue weighted by molar-refractivity contribution is 0.162. The smallest absolute Gasteiger partial charge is 0.321 e. The van der Waals surface area contributed by atoms with Crippen LogP contribution in [0.3, 0.4) is 0 Å². The average Bonchev–Trinajstić information content (AvgIpc) is 2.95. The quantitative estimate of drug-likeness (QED) is 0.767. The fraction of sp³-hybridized carbons (Fsp3) is 0.333. The Balaban J connectivity index is 1.86. The van der Waals surface area contributed by atoms with Crippen LogP contribution in [0.25, 0.3) is 10.4 Å². The number of carbonyl (C=O) groups excluding carboxylic acids is 1. The summed E-state index contributed by atoms with van der Waals surface area (Å²) in [4.78, 5) is 16.9. The SMILES string of the molecule is CCCC(O)CNC(=O)Nc1ncc(-c2ccccc2)s1. The minimum atomic E-state index is -0.503. The van der Waals surface area contributed by atoms with Gasteiger partial charge in [-0.3, -0.25) is 5.32 Å². The summed E-state index contributed by atoms with van der Waals surface area (Å²) in [5.41, 5.74) is 1.07. The topological polar surface area (TPSA) is 74.2 Å². The van der Waals surface area contributed by atoms with E-state index in [2.05, 4.69) is 15.6 Å². The summed E-state index contributed by atoms with van der Waals surface area (Å²) in [5.74, 6) is 0. The van der Waals surface area contributed by atoms with E-state index in [1.165, 1.54) is 11.3 Å². The fourth-order valence-electron chi connectivity index (χ4n) is 1.85. The van der Waals surface area contributed by atoms with E-state index in [1.54, 1.807) is 6.20 Å². The van der Waals surface area contributed by atoms with E-state index >= 15 is 0 Å². The molecule has 1 aromatic carbocycles. The molecule has 0 aliphatic carbocycles. The van der Waals surface area contributed by atoms with E-state index in [1.807, 2.05) is 37.3 Å². The monoisotopic (exact) mass is 305 g/mol. The Morgan fingerprint density at radius 1 is 1.38 bits per heavy atom. The molecule has 2 rings (SSSR count). The molecule has 1 heterocycles. The van der Waals surface area contributed by atoms with E-state index in [0.29, 0.717) is 11.6 Å². The molecule has 5 nitrogen and oxygen atoms in total. The summed E-state index contributed by atoms with van der Waals surface area (Å²) in [6.07, 6.45) is 2.80. The second-order valence-corrected chi connectivity index (χ2v) is 5.70. The molecule has 0 bridgehead atoms. The lowest BCUT2D eigenvalue weighted by atomic mass is 10.2. The first-order chi connectivity index (χ1) is 10.2. The van der Waals surface area contributed by atoms with Gasteiger partial charge in [0.25, 0.3) is 0 Å². The highest BCUT2D eigenvalue weighted by Crippen LogP contribution is 2.28. The predicted octanol–water partition coefficient (Wildman–Crippen LogP) is 3.09. The third kappa shape index (κ3) is 4.84. The maximum atomic E-state index is 11.7. The van der Waals surface area contributed by atoms with Crippen molar-refractivity contribution in [3.8, 4) is 10.4 Å². The molecule has 0 saturated heterocycles. The van der Waals surface area contributed by atoms with E-state index in [9.17, 15) is 9.90 Å². The molecule has 1 atom stereocenters. The van der Waals surface area contributed by atoms with Crippen LogP contribution in [0.1, 0.15) is 19.8 Å². The maximum absolute atomic E-state index is 11.7. The number of benzene rings is 1. The molecule has 0 fully saturated rings. The molecule has 0 aliphatic heterocycles. The molecule has 0 radical (unpaired) electrons. The van der Waals surface area contributed by atoms with Crippen molar-refractivity contribution in [3.63, 3.8) is 0 Å². The number of anilines is 1. The van der Waals surface area contributed by atoms with Gasteiger partial charge in [-0.15, -0.1) is 0 Å². The van der Waals surface area contributed by atoms with Crippen molar-refractivity contribution in [1.29, 1.82) is 0 Å². The van der Waals surface area contributed by atoms with Crippen molar-refractivity contribution in [2.45, 2.75) is 25.9 Å². The number of aromatic nitrogens is 1. The zero-order chi connectivity index (χ0) is 15.1. The van der Waals surface area contributed by atoms with E-state index in [0.717, 1.165) is 16.9 Å². The summed E-state index contributed by atoms with van der Waals surface area (Å²) in [6, 6.07) is 9.53. The van der Waals surface area contributed by atoms with Gasteiger partial charge in [0.15, 0.2) is 5.13 Å². The van der Waals surface area contributed by atoms with Crippen LogP contribution in [-0.2, 0) is 0 Å². The van der Waals surface area contributed by atoms with Gasteiger partial charge in [-0.05, 0) is 12.0 Å². The number of carbonyl (C=O) groups is 1. The summed E-state index contributed by atoms with van der Waals surface area (Å²) in [6.45, 7) is 2.24. The molecule has 0 aliphatic rings. The lowest BCUT2D eigenvalue weighted by Crippen LogP contribution is -2.35. The first-order valence-electron chi connectivity index (χ1n) is 6.93. The number of amides is 2. The minimum Gasteiger partial charge on any atom is -0.391 e. The number of aliphatic hydroxyl groups excluding tert-OH is 1. The second-order valence-electron chi connectivity index (χ2n) is 4.67. The van der Waals surface area contributed by atoms with Crippen molar-refractivity contribution in [3.05, 3.63) is 36.5 Å². The Labute approximate surface area is 128 Å². The van der Waals surface area contributed by atoms with Gasteiger partial charge in [-0.2, -0.15) is 0 Å². The molecule has 21 heavy (non-hydrogen) atoms. The fourth-order valence-corrected chi connectivity index (χ4v) is 2.67. The highest BCUT2D eigenvalue weighted by molar-refractivity contribution is 7.19. The van der Waals surface area contributed by atoms with Gasteiger partial charge in [0.2, 0.25) is 0 Å². The van der Waals surface area contributed by atoms with Crippen LogP contribution in [0, 0.1) is 0 Å². The average molecular weight is 305 g/mol. The van der Waals surface area contributed by atoms with Crippen LogP contribution < -0.4 is 10.6 Å². The minimum absolute atomic E-state index is 0.247. The Morgan fingerprint density at radius 2 is 2.14 bits per heavy atom. The van der Waals surface area contributed by atoms with Crippen molar-refractivity contribution < 1.29 is 9.90 Å². The van der Waals surface area contributed by atoms with Crippen molar-refractivity contribution in [2.24, 2.45) is 0 Å². The summed E-state index contributed by atoms with van der Waals surface area (Å²) in [5, 5.41) is 15.4. The third-order valence-corrected chi connectivity index (χ3v) is 3.87. The Hall–Kier alpha value is -1.92. The van der Waals surface area contributed by atoms with E-state index in [-0.39, 0.29) is 12.6 Å². The second kappa shape index (κ2) is 7.75. The molecule has 112 valence electrons. The van der Waals surface area contributed by atoms with Gasteiger partial charge in [0.05, 0.1) is 11.0 Å². The van der Waals surface area contributed by atoms with Gasteiger partial charge in [-0.1, -0.05) is 55.0 Å². The zero-order valence-corrected chi connectivity index (χ0v) is 12.7. The van der Waals surface area contributed by atoms with Crippen LogP contribution in [0.15, 0.2) is 36.5 Å². The van der Waals surface area contributed by atoms with Crippen molar-refractivity contribution in [2.75, 3.05) is 11.9 Å². The molecule has 1 aromatic heterocycles. The summed E-state index contributed by atoms with van der Waals surface area (Å²) < 4.78 is 0. The Bertz CT molecular complexity index is 571. The number of aliphatic hydroxyl groups is 1. The van der Waals surface area contributed by atoms with Gasteiger partial charge in [0.1, 0.15) is 0 Å². The first-order valence-corrected chi connectivity index (χ1v) is 7.75. The van der Waals surface area contributed by atoms with Crippen molar-refractivity contribution in [1.82, 2.24) is 10.3 Å². The standard InChI is InChI=1S/C15H19N3O2S/c1-2-6-12(19)9-16-14(20)18-15-17-10-13(21-15)11-7-4-3-5-8-11/h3-5,7-8,10,12,19H,2,6,9H2,1H3,(H2,16,17,18,20). The molecular formula is C15H19N3O2S. The van der Waals surface area contributed by atoms with Crippen LogP contribution in [0.2, 0.25) is 0 Å². The van der Waals surface area contributed by atoms with Gasteiger partial charge < -0.3 is 10.4 Å². The van der Waals surface area contributed by atoms with Crippen molar-refractivity contribution >= 4 is 22.5 Å². The molecule has 1 unspecified atom stereocenters. The van der Waals surface area contributed by atoms with Gasteiger partial charge in [-0.25, -0.2) is 9.78 Å². The first kappa shape index (κ1) is 15.5. The third-order valence-electron chi connectivity index (χ3n) is 2.90. The molecule has 6 heteroatoms. The number of hydrogen-bond acceptors (Lipinski definition) is 4. The van der Waals surface area contributed by atoms with Crippen LogP contribution >= 0.6 is 11.3 Å². The molecule has 3 N–H and O–H groups in total. The van der Waals surface area contributed by atoms with Gasteiger partial charge in [0, 0.05) is 12.7 Å². The number of hydrogen-bond donors (Lipinski definition) is 3. The number of urea groups is 1. The molecule has 0 saturated carbocycles. The number of nitrogens with one attached hydrogen (secondary N) is 2. The predicted molar refractivity (Wildman–Crippen MR) is 85.5 cm³/mol. The van der Waals surface area contributed by atoms with Crippen LogP contribution in [0.5, 0.6) is 0 Å². The Kier molecular flexibility index (Phi) is 5.71. The number of nitrogens with zero attached hydrogens (tertiary/aromatic N) is 1. The number of thiazole rings is 1. The molecular weight excluding hydrogens is 286 g/mol. The molecule has 0 spiro atoms. The molecule has 2 amide bonds. The summed E-state index contributed by atoms with van der Waals surface area (Å²) in [7, 11) is 0. The van der Waals surface area contributed by atoms with E-state index in [4.69, 9.17) is 0 Å². The zero-order valence-electron chi connectivity index (χ0n) is 11.9. The largest absolute Gasteiger partial charge is 0.391 e. The molecule has 2 aromatic rings. The van der Waals surface area contributed by atoms with Gasteiger partial charge >= 0.3 is 6.03 Å². The number of rotatable bonds is 6. The highest BCUT2D eigenvalue weighted by Gasteiger charge is 2.09. The lowest BCUT2D eigenvalue weighted by Gasteiger charge is -2.10. The maximum Gasteiger partial charge on any atom is 0.321 e. The van der Waals surface area contributed by atoms with Crippen LogP contribution in [-0.4, -0.2) is 28.8 Å². The normalized spacial score (nSPS) is 11.9. The summed E-state index contributed by atoms with van der Waals surface area (Å²) >= 11 is 1.41. The van der Waals surface area contributed by atoms with E-state index < -0.39 is 6.10 Å². The van der Waals surface area contributed by atoms with Crippen LogP contribution in [0.4, 0.5) is 9.93 Å². The Morgan fingerprint density at radius 3 is 2.86 bits per heavy atom.